The molecule has 0 heterocycles. The highest BCUT2D eigenvalue weighted by atomic mass is 16.4. The van der Waals surface area contributed by atoms with Gasteiger partial charge in [-0.15, -0.1) is 0 Å². The number of aliphatic carboxylic acids is 1. The fourth-order valence-corrected chi connectivity index (χ4v) is 1.93. The van der Waals surface area contributed by atoms with Crippen molar-refractivity contribution in [2.45, 2.75) is 47.0 Å². The van der Waals surface area contributed by atoms with Gasteiger partial charge >= 0.3 is 5.97 Å². The SMILES string of the molecule is CC1(C)CCC=C(C(C)(C)C(=O)O)C1. The zero-order valence-electron chi connectivity index (χ0n) is 9.55. The largest absolute Gasteiger partial charge is 0.481 e. The summed E-state index contributed by atoms with van der Waals surface area (Å²) in [5, 5.41) is 9.12. The molecule has 0 saturated heterocycles. The molecule has 0 aliphatic heterocycles. The van der Waals surface area contributed by atoms with Crippen molar-refractivity contribution in [2.75, 3.05) is 0 Å². The second-order valence-electron chi connectivity index (χ2n) is 5.54. The highest BCUT2D eigenvalue weighted by molar-refractivity contribution is 5.77. The van der Waals surface area contributed by atoms with Crippen molar-refractivity contribution in [3.05, 3.63) is 11.6 Å². The van der Waals surface area contributed by atoms with E-state index in [2.05, 4.69) is 19.9 Å². The molecule has 0 aromatic rings. The molecule has 0 aromatic carbocycles. The molecule has 1 aliphatic carbocycles. The van der Waals surface area contributed by atoms with Gasteiger partial charge in [-0.3, -0.25) is 4.79 Å². The number of rotatable bonds is 2. The molecule has 2 nitrogen and oxygen atoms in total. The summed E-state index contributed by atoms with van der Waals surface area (Å²) in [4.78, 5) is 11.1. The van der Waals surface area contributed by atoms with E-state index in [1.807, 2.05) is 0 Å². The monoisotopic (exact) mass is 196 g/mol. The minimum atomic E-state index is -0.721. The Bertz CT molecular complexity index is 272. The van der Waals surface area contributed by atoms with Crippen molar-refractivity contribution < 1.29 is 9.90 Å². The molecular weight excluding hydrogens is 176 g/mol. The van der Waals surface area contributed by atoms with E-state index in [4.69, 9.17) is 5.11 Å². The van der Waals surface area contributed by atoms with Gasteiger partial charge in [0.1, 0.15) is 0 Å². The zero-order valence-corrected chi connectivity index (χ0v) is 9.55. The molecule has 0 amide bonds. The average molecular weight is 196 g/mol. The molecule has 1 N–H and O–H groups in total. The number of carboxylic acids is 1. The van der Waals surface area contributed by atoms with Crippen LogP contribution in [0.4, 0.5) is 0 Å². The minimum absolute atomic E-state index is 0.261. The lowest BCUT2D eigenvalue weighted by atomic mass is 9.69. The maximum absolute atomic E-state index is 11.1. The lowest BCUT2D eigenvalue weighted by molar-refractivity contribution is -0.145. The molecule has 0 aromatic heterocycles. The van der Waals surface area contributed by atoms with Gasteiger partial charge in [0.2, 0.25) is 0 Å². The van der Waals surface area contributed by atoms with E-state index < -0.39 is 11.4 Å². The summed E-state index contributed by atoms with van der Waals surface area (Å²) >= 11 is 0. The molecular formula is C12H20O2. The molecule has 1 aliphatic rings. The van der Waals surface area contributed by atoms with Gasteiger partial charge in [0, 0.05) is 0 Å². The molecule has 0 bridgehead atoms. The van der Waals surface area contributed by atoms with Crippen molar-refractivity contribution in [3.63, 3.8) is 0 Å². The Morgan fingerprint density at radius 2 is 2.07 bits per heavy atom. The van der Waals surface area contributed by atoms with Gasteiger partial charge in [-0.05, 0) is 38.5 Å². The molecule has 0 spiro atoms. The van der Waals surface area contributed by atoms with E-state index in [0.717, 1.165) is 24.8 Å². The van der Waals surface area contributed by atoms with Crippen LogP contribution < -0.4 is 0 Å². The van der Waals surface area contributed by atoms with E-state index >= 15 is 0 Å². The van der Waals surface area contributed by atoms with Gasteiger partial charge in [-0.2, -0.15) is 0 Å². The van der Waals surface area contributed by atoms with Crippen LogP contribution in [0, 0.1) is 10.8 Å². The van der Waals surface area contributed by atoms with Gasteiger partial charge in [-0.1, -0.05) is 25.5 Å². The van der Waals surface area contributed by atoms with E-state index in [1.165, 1.54) is 0 Å². The van der Waals surface area contributed by atoms with Crippen LogP contribution in [0.3, 0.4) is 0 Å². The second-order valence-corrected chi connectivity index (χ2v) is 5.54. The van der Waals surface area contributed by atoms with Gasteiger partial charge in [0.25, 0.3) is 0 Å². The maximum Gasteiger partial charge on any atom is 0.313 e. The van der Waals surface area contributed by atoms with Gasteiger partial charge in [-0.25, -0.2) is 0 Å². The Kier molecular flexibility index (Phi) is 2.75. The predicted molar refractivity (Wildman–Crippen MR) is 57.1 cm³/mol. The summed E-state index contributed by atoms with van der Waals surface area (Å²) in [6, 6.07) is 0. The second kappa shape index (κ2) is 3.41. The first-order chi connectivity index (χ1) is 6.26. The fourth-order valence-electron chi connectivity index (χ4n) is 1.93. The topological polar surface area (TPSA) is 37.3 Å². The molecule has 1 rings (SSSR count). The van der Waals surface area contributed by atoms with Crippen LogP contribution in [0.25, 0.3) is 0 Å². The van der Waals surface area contributed by atoms with Crippen molar-refractivity contribution in [1.82, 2.24) is 0 Å². The van der Waals surface area contributed by atoms with Crippen molar-refractivity contribution >= 4 is 5.97 Å². The molecule has 80 valence electrons. The first-order valence-corrected chi connectivity index (χ1v) is 5.19. The Morgan fingerprint density at radius 3 is 2.50 bits per heavy atom. The van der Waals surface area contributed by atoms with Crippen LogP contribution >= 0.6 is 0 Å². The van der Waals surface area contributed by atoms with Crippen LogP contribution in [-0.4, -0.2) is 11.1 Å². The molecule has 14 heavy (non-hydrogen) atoms. The van der Waals surface area contributed by atoms with Crippen LogP contribution in [0.1, 0.15) is 47.0 Å². The number of hydrogen-bond acceptors (Lipinski definition) is 1. The summed E-state index contributed by atoms with van der Waals surface area (Å²) in [6.45, 7) is 8.00. The standard InChI is InChI=1S/C12H20O2/c1-11(2)7-5-6-9(8-11)12(3,4)10(13)14/h6H,5,7-8H2,1-4H3,(H,13,14). The molecule has 2 heteroatoms. The van der Waals surface area contributed by atoms with Crippen LogP contribution in [0.2, 0.25) is 0 Å². The van der Waals surface area contributed by atoms with Gasteiger partial charge < -0.3 is 5.11 Å². The highest BCUT2D eigenvalue weighted by Crippen LogP contribution is 2.42. The third-order valence-electron chi connectivity index (χ3n) is 3.22. The normalized spacial score (nSPS) is 21.6. The summed E-state index contributed by atoms with van der Waals surface area (Å²) in [5.41, 5.74) is 0.648. The first-order valence-electron chi connectivity index (χ1n) is 5.19. The first kappa shape index (κ1) is 11.3. The predicted octanol–water partition coefficient (Wildman–Crippen LogP) is 3.23. The maximum atomic E-state index is 11.1. The lowest BCUT2D eigenvalue weighted by Crippen LogP contribution is -2.30. The van der Waals surface area contributed by atoms with Crippen LogP contribution in [0.15, 0.2) is 11.6 Å². The van der Waals surface area contributed by atoms with Gasteiger partial charge in [0.05, 0.1) is 5.41 Å². The molecule has 0 atom stereocenters. The third kappa shape index (κ3) is 2.17. The Morgan fingerprint density at radius 1 is 1.50 bits per heavy atom. The number of allylic oxidation sites excluding steroid dienone is 1. The molecule has 0 fully saturated rings. The summed E-state index contributed by atoms with van der Waals surface area (Å²) < 4.78 is 0. The Hall–Kier alpha value is -0.790. The van der Waals surface area contributed by atoms with Crippen molar-refractivity contribution in [1.29, 1.82) is 0 Å². The molecule has 0 unspecified atom stereocenters. The van der Waals surface area contributed by atoms with E-state index in [1.54, 1.807) is 13.8 Å². The number of carboxylic acid groups (broad SMARTS) is 1. The van der Waals surface area contributed by atoms with Gasteiger partial charge in [0.15, 0.2) is 0 Å². The lowest BCUT2D eigenvalue weighted by Gasteiger charge is -2.35. The van der Waals surface area contributed by atoms with E-state index in [0.29, 0.717) is 0 Å². The van der Waals surface area contributed by atoms with E-state index in [-0.39, 0.29) is 5.41 Å². The molecule has 0 radical (unpaired) electrons. The molecule has 0 saturated carbocycles. The van der Waals surface area contributed by atoms with Crippen LogP contribution in [-0.2, 0) is 4.79 Å². The van der Waals surface area contributed by atoms with Crippen molar-refractivity contribution in [3.8, 4) is 0 Å². The third-order valence-corrected chi connectivity index (χ3v) is 3.22. The summed E-state index contributed by atoms with van der Waals surface area (Å²) in [5.74, 6) is -0.721. The van der Waals surface area contributed by atoms with E-state index in [9.17, 15) is 4.79 Å². The smallest absolute Gasteiger partial charge is 0.313 e. The number of carbonyl (C=O) groups is 1. The zero-order chi connectivity index (χ0) is 11.0. The summed E-state index contributed by atoms with van der Waals surface area (Å²) in [7, 11) is 0. The van der Waals surface area contributed by atoms with Crippen molar-refractivity contribution in [2.24, 2.45) is 10.8 Å². The number of hydrogen-bond donors (Lipinski definition) is 1. The Labute approximate surface area is 86.0 Å². The average Bonchev–Trinajstić information content (AvgIpc) is 2.02. The highest BCUT2D eigenvalue weighted by Gasteiger charge is 2.36. The quantitative estimate of drug-likeness (QED) is 0.688. The minimum Gasteiger partial charge on any atom is -0.481 e. The fraction of sp³-hybridized carbons (Fsp3) is 0.750. The van der Waals surface area contributed by atoms with Crippen LogP contribution in [0.5, 0.6) is 0 Å². The Balaban J connectivity index is 2.89. The summed E-state index contributed by atoms with van der Waals surface area (Å²) in [6.07, 6.45) is 5.19.